The van der Waals surface area contributed by atoms with Crippen molar-refractivity contribution in [3.05, 3.63) is 35.9 Å². The van der Waals surface area contributed by atoms with E-state index in [1.165, 1.54) is 0 Å². The van der Waals surface area contributed by atoms with E-state index in [4.69, 9.17) is 6.42 Å². The molecule has 84 valence electrons. The molecular weight excluding hydrogens is 262 g/mol. The molecule has 1 nitrogen and oxygen atoms in total. The molecule has 0 amide bonds. The van der Waals surface area contributed by atoms with Crippen molar-refractivity contribution >= 4 is 0 Å². The van der Waals surface area contributed by atoms with Crippen molar-refractivity contribution in [1.29, 1.82) is 0 Å². The summed E-state index contributed by atoms with van der Waals surface area (Å²) in [5.74, 6) is 8.94. The van der Waals surface area contributed by atoms with E-state index in [-0.39, 0.29) is 17.0 Å². The molecule has 0 saturated heterocycles. The first-order valence-corrected chi connectivity index (χ1v) is 4.93. The van der Waals surface area contributed by atoms with Gasteiger partial charge < -0.3 is 21.5 Å². The van der Waals surface area contributed by atoms with Gasteiger partial charge in [0.15, 0.2) is 0 Å². The predicted molar refractivity (Wildman–Crippen MR) is 64.0 cm³/mol. The predicted octanol–water partition coefficient (Wildman–Crippen LogP) is -1.25. The van der Waals surface area contributed by atoms with Gasteiger partial charge in [0.2, 0.25) is 0 Å². The summed E-state index contributed by atoms with van der Waals surface area (Å²) < 4.78 is 0.746. The average molecular weight is 278 g/mol. The topological polar surface area (TPSA) is 0 Å². The van der Waals surface area contributed by atoms with Crippen LogP contribution >= 0.6 is 0 Å². The van der Waals surface area contributed by atoms with Gasteiger partial charge in [-0.25, -0.2) is 0 Å². The molecule has 0 unspecified atom stereocenters. The highest BCUT2D eigenvalue weighted by Gasteiger charge is 2.09. The summed E-state index contributed by atoms with van der Waals surface area (Å²) in [6, 6.07) is 9.99. The highest BCUT2D eigenvalue weighted by molar-refractivity contribution is 5.33. The minimum Gasteiger partial charge on any atom is -1.00 e. The van der Waals surface area contributed by atoms with Gasteiger partial charge in [-0.15, -0.1) is 6.42 Å². The van der Waals surface area contributed by atoms with Crippen LogP contribution in [0.4, 0.5) is 0 Å². The van der Waals surface area contributed by atoms with Crippen molar-refractivity contribution in [2.75, 3.05) is 27.2 Å². The molecule has 1 aromatic carbocycles. The maximum atomic E-state index is 5.28. The molecule has 0 heterocycles. The molecule has 0 aliphatic heterocycles. The average Bonchev–Trinajstić information content (AvgIpc) is 2.19. The number of quaternary nitrogens is 1. The van der Waals surface area contributed by atoms with Crippen LogP contribution in [-0.2, 0) is 0 Å². The lowest BCUT2D eigenvalue weighted by Gasteiger charge is -2.24. The third-order valence-electron chi connectivity index (χ3n) is 2.03. The zero-order chi connectivity index (χ0) is 11.1. The van der Waals surface area contributed by atoms with E-state index in [0.29, 0.717) is 6.54 Å². The molecule has 2 heteroatoms. The molecule has 0 aliphatic rings. The molecule has 0 bridgehead atoms. The third kappa shape index (κ3) is 5.61. The number of halogens is 1. The normalized spacial score (nSPS) is 9.31. The van der Waals surface area contributed by atoms with Crippen molar-refractivity contribution < 1.29 is 21.5 Å². The molecule has 0 aromatic heterocycles. The Bertz CT molecular complexity index is 404. The van der Waals surface area contributed by atoms with Crippen molar-refractivity contribution in [2.45, 2.75) is 0 Å². The van der Waals surface area contributed by atoms with Crippen LogP contribution in [0.3, 0.4) is 0 Å². The second-order valence-electron chi connectivity index (χ2n) is 4.12. The molecule has 0 radical (unpaired) electrons. The molecule has 0 fully saturated rings. The number of hydrogen-bond acceptors (Lipinski definition) is 0. The van der Waals surface area contributed by atoms with E-state index < -0.39 is 0 Å². The lowest BCUT2D eigenvalue weighted by molar-refractivity contribution is -0.875. The summed E-state index contributed by atoms with van der Waals surface area (Å²) in [5.41, 5.74) is 1.05. The number of terminal acetylenes is 1. The Morgan fingerprint density at radius 1 is 1.12 bits per heavy atom. The number of nitrogens with zero attached hydrogens (tertiary/aromatic N) is 1. The monoisotopic (exact) mass is 277 g/mol. The van der Waals surface area contributed by atoms with Crippen LogP contribution < -0.4 is 17.0 Å². The van der Waals surface area contributed by atoms with E-state index in [0.717, 1.165) is 16.6 Å². The summed E-state index contributed by atoms with van der Waals surface area (Å²) in [4.78, 5) is 0. The first kappa shape index (κ1) is 14.8. The minimum atomic E-state index is 0. The Morgan fingerprint density at radius 2 is 1.75 bits per heavy atom. The van der Waals surface area contributed by atoms with E-state index >= 15 is 0 Å². The summed E-state index contributed by atoms with van der Waals surface area (Å²) >= 11 is 0. The quantitative estimate of drug-likeness (QED) is 0.468. The highest BCUT2D eigenvalue weighted by atomic mass is 79.9. The Morgan fingerprint density at radius 3 is 2.31 bits per heavy atom. The van der Waals surface area contributed by atoms with Gasteiger partial charge >= 0.3 is 0 Å². The van der Waals surface area contributed by atoms with Crippen molar-refractivity contribution in [3.63, 3.8) is 0 Å². The van der Waals surface area contributed by atoms with Crippen LogP contribution in [0.15, 0.2) is 30.3 Å². The van der Waals surface area contributed by atoms with Gasteiger partial charge in [-0.2, -0.15) is 0 Å². The lowest BCUT2D eigenvalue weighted by atomic mass is 10.2. The molecule has 0 N–H and O–H groups in total. The van der Waals surface area contributed by atoms with Crippen LogP contribution in [0.1, 0.15) is 5.56 Å². The molecule has 1 rings (SSSR count). The largest absolute Gasteiger partial charge is 1.00 e. The molecule has 16 heavy (non-hydrogen) atoms. The Hall–Kier alpha value is -1.22. The summed E-state index contributed by atoms with van der Waals surface area (Å²) in [7, 11) is 4.17. The zero-order valence-electron chi connectivity index (χ0n) is 9.70. The fourth-order valence-electron chi connectivity index (χ4n) is 1.18. The maximum absolute atomic E-state index is 5.28. The van der Waals surface area contributed by atoms with Crippen LogP contribution in [0.2, 0.25) is 0 Å². The second-order valence-corrected chi connectivity index (χ2v) is 4.12. The number of hydrogen-bond donors (Lipinski definition) is 0. The first-order chi connectivity index (χ1) is 7.14. The fourth-order valence-corrected chi connectivity index (χ4v) is 1.18. The van der Waals surface area contributed by atoms with Gasteiger partial charge in [0.1, 0.15) is 13.1 Å². The molecular formula is C14H16BrN. The van der Waals surface area contributed by atoms with E-state index in [2.05, 4.69) is 31.9 Å². The van der Waals surface area contributed by atoms with Crippen molar-refractivity contribution in [2.24, 2.45) is 0 Å². The van der Waals surface area contributed by atoms with Gasteiger partial charge in [-0.05, 0) is 24.0 Å². The van der Waals surface area contributed by atoms with E-state index in [1.807, 2.05) is 30.3 Å². The smallest absolute Gasteiger partial charge is 0.141 e. The number of rotatable bonds is 2. The Labute approximate surface area is 109 Å². The molecule has 0 atom stereocenters. The number of benzene rings is 1. The first-order valence-electron chi connectivity index (χ1n) is 4.93. The summed E-state index contributed by atoms with van der Waals surface area (Å²) in [6.07, 6.45) is 5.28. The van der Waals surface area contributed by atoms with Gasteiger partial charge in [0.05, 0.1) is 14.1 Å². The Kier molecular flexibility index (Phi) is 6.58. The van der Waals surface area contributed by atoms with Crippen LogP contribution in [0.25, 0.3) is 0 Å². The summed E-state index contributed by atoms with van der Waals surface area (Å²) in [5, 5.41) is 0. The van der Waals surface area contributed by atoms with Crippen molar-refractivity contribution in [3.8, 4) is 24.2 Å². The van der Waals surface area contributed by atoms with Crippen LogP contribution in [-0.4, -0.2) is 31.7 Å². The molecule has 0 saturated carbocycles. The summed E-state index contributed by atoms with van der Waals surface area (Å²) in [6.45, 7) is 1.49. The SMILES string of the molecule is C#CC[N+](C)(C)CC#Cc1ccccc1.[Br-]. The van der Waals surface area contributed by atoms with Gasteiger partial charge in [-0.1, -0.05) is 24.1 Å². The maximum Gasteiger partial charge on any atom is 0.141 e. The fraction of sp³-hybridized carbons (Fsp3) is 0.286. The third-order valence-corrected chi connectivity index (χ3v) is 2.03. The Balaban J connectivity index is 0.00000225. The van der Waals surface area contributed by atoms with Gasteiger partial charge in [0.25, 0.3) is 0 Å². The van der Waals surface area contributed by atoms with E-state index in [1.54, 1.807) is 0 Å². The zero-order valence-corrected chi connectivity index (χ0v) is 11.3. The second kappa shape index (κ2) is 7.12. The standard InChI is InChI=1S/C14H16N.BrH/c1-4-12-15(2,3)13-8-11-14-9-6-5-7-10-14;/h1,5-7,9-10H,12-13H2,2-3H3;1H/q+1;/p-1. The van der Waals surface area contributed by atoms with Crippen LogP contribution in [0, 0.1) is 24.2 Å². The van der Waals surface area contributed by atoms with Crippen molar-refractivity contribution in [1.82, 2.24) is 0 Å². The van der Waals surface area contributed by atoms with Crippen LogP contribution in [0.5, 0.6) is 0 Å². The van der Waals surface area contributed by atoms with Gasteiger partial charge in [-0.3, -0.25) is 0 Å². The lowest BCUT2D eigenvalue weighted by Crippen LogP contribution is -3.00. The highest BCUT2D eigenvalue weighted by Crippen LogP contribution is 1.96. The van der Waals surface area contributed by atoms with Gasteiger partial charge in [0, 0.05) is 5.56 Å². The molecule has 0 aliphatic carbocycles. The molecule has 0 spiro atoms. The molecule has 1 aromatic rings. The van der Waals surface area contributed by atoms with E-state index in [9.17, 15) is 0 Å². The minimum absolute atomic E-state index is 0.